The molecule has 0 N–H and O–H groups in total. The third-order valence-corrected chi connectivity index (χ3v) is 5.37. The number of hydrogen-bond acceptors (Lipinski definition) is 5. The van der Waals surface area contributed by atoms with E-state index in [1.165, 1.54) is 18.2 Å². The fourth-order valence-electron chi connectivity index (χ4n) is 3.65. The number of hydrogen-bond donors (Lipinski definition) is 0. The Bertz CT molecular complexity index is 1510. The largest absolute Gasteiger partial charge is 0.481 e. The van der Waals surface area contributed by atoms with Crippen molar-refractivity contribution in [2.75, 3.05) is 0 Å². The predicted molar refractivity (Wildman–Crippen MR) is 125 cm³/mol. The topological polar surface area (TPSA) is 69.7 Å². The van der Waals surface area contributed by atoms with Crippen molar-refractivity contribution in [2.24, 2.45) is 0 Å². The first-order valence-corrected chi connectivity index (χ1v) is 10.7. The number of para-hydroxylation sites is 1. The summed E-state index contributed by atoms with van der Waals surface area (Å²) in [4.78, 5) is 26.5. The van der Waals surface area contributed by atoms with Gasteiger partial charge in [0.2, 0.25) is 16.9 Å². The smallest absolute Gasteiger partial charge is 0.267 e. The van der Waals surface area contributed by atoms with Gasteiger partial charge in [-0.3, -0.25) is 9.59 Å². The standard InChI is InChI=1S/C28H19FO5/c29-20-12-10-18(11-13-20)16-21-14-15-24(33-21)26(31)28-27(32-17-19-6-2-1-3-7-19)25(30)22-8-4-5-9-23(22)34-28/h1-15H,16-17H2. The molecule has 0 radical (unpaired) electrons. The summed E-state index contributed by atoms with van der Waals surface area (Å²) >= 11 is 0. The molecule has 2 aromatic heterocycles. The maximum absolute atomic E-state index is 13.3. The van der Waals surface area contributed by atoms with Gasteiger partial charge in [-0.25, -0.2) is 4.39 Å². The van der Waals surface area contributed by atoms with Crippen LogP contribution in [-0.2, 0) is 13.0 Å². The molecule has 0 spiro atoms. The lowest BCUT2D eigenvalue weighted by molar-refractivity contribution is 0.0974. The number of carbonyl (C=O) groups excluding carboxylic acids is 1. The van der Waals surface area contributed by atoms with Gasteiger partial charge in [-0.1, -0.05) is 54.6 Å². The Labute approximate surface area is 194 Å². The highest BCUT2D eigenvalue weighted by Gasteiger charge is 2.26. The maximum atomic E-state index is 13.3. The van der Waals surface area contributed by atoms with E-state index in [9.17, 15) is 14.0 Å². The van der Waals surface area contributed by atoms with Gasteiger partial charge in [0.15, 0.2) is 5.76 Å². The first-order valence-electron chi connectivity index (χ1n) is 10.7. The zero-order valence-electron chi connectivity index (χ0n) is 18.0. The number of ether oxygens (including phenoxy) is 1. The third kappa shape index (κ3) is 4.38. The van der Waals surface area contributed by atoms with E-state index >= 15 is 0 Å². The van der Waals surface area contributed by atoms with Gasteiger partial charge in [-0.15, -0.1) is 0 Å². The Morgan fingerprint density at radius 1 is 0.794 bits per heavy atom. The van der Waals surface area contributed by atoms with E-state index in [0.717, 1.165) is 11.1 Å². The number of benzene rings is 3. The number of carbonyl (C=O) groups is 1. The number of rotatable bonds is 7. The molecule has 0 fully saturated rings. The molecule has 0 aliphatic heterocycles. The Morgan fingerprint density at radius 2 is 1.53 bits per heavy atom. The molecular weight excluding hydrogens is 435 g/mol. The van der Waals surface area contributed by atoms with Crippen molar-refractivity contribution in [3.63, 3.8) is 0 Å². The molecule has 5 rings (SSSR count). The summed E-state index contributed by atoms with van der Waals surface area (Å²) in [5.41, 5.74) is 1.52. The van der Waals surface area contributed by atoms with Crippen molar-refractivity contribution in [2.45, 2.75) is 13.0 Å². The molecule has 5 nitrogen and oxygen atoms in total. The molecule has 0 amide bonds. The third-order valence-electron chi connectivity index (χ3n) is 5.37. The summed E-state index contributed by atoms with van der Waals surface area (Å²) < 4.78 is 30.6. The van der Waals surface area contributed by atoms with Gasteiger partial charge in [0.1, 0.15) is 23.8 Å². The van der Waals surface area contributed by atoms with Crippen molar-refractivity contribution < 1.29 is 22.8 Å². The molecule has 6 heteroatoms. The molecule has 2 heterocycles. The van der Waals surface area contributed by atoms with E-state index in [-0.39, 0.29) is 35.3 Å². The number of fused-ring (bicyclic) bond motifs is 1. The van der Waals surface area contributed by atoms with Crippen LogP contribution in [-0.4, -0.2) is 5.78 Å². The van der Waals surface area contributed by atoms with Gasteiger partial charge in [-0.05, 0) is 47.5 Å². The van der Waals surface area contributed by atoms with Crippen LogP contribution in [0.15, 0.2) is 105 Å². The molecule has 3 aromatic carbocycles. The van der Waals surface area contributed by atoms with Crippen molar-refractivity contribution >= 4 is 16.8 Å². The number of furan rings is 1. The minimum Gasteiger partial charge on any atom is -0.481 e. The van der Waals surface area contributed by atoms with Gasteiger partial charge in [0, 0.05) is 6.42 Å². The summed E-state index contributed by atoms with van der Waals surface area (Å²) in [6, 6.07) is 25.2. The predicted octanol–water partition coefficient (Wildman–Crippen LogP) is 5.93. The lowest BCUT2D eigenvalue weighted by Crippen LogP contribution is -2.15. The zero-order valence-corrected chi connectivity index (χ0v) is 18.0. The molecule has 34 heavy (non-hydrogen) atoms. The van der Waals surface area contributed by atoms with Gasteiger partial charge >= 0.3 is 0 Å². The SMILES string of the molecule is O=C(c1ccc(Cc2ccc(F)cc2)o1)c1oc2ccccc2c(=O)c1OCc1ccccc1. The van der Waals surface area contributed by atoms with Gasteiger partial charge in [0.25, 0.3) is 5.78 Å². The first kappa shape index (κ1) is 21.4. The maximum Gasteiger partial charge on any atom is 0.267 e. The van der Waals surface area contributed by atoms with Crippen LogP contribution in [0.1, 0.15) is 33.2 Å². The quantitative estimate of drug-likeness (QED) is 0.285. The van der Waals surface area contributed by atoms with Crippen LogP contribution >= 0.6 is 0 Å². The van der Waals surface area contributed by atoms with Crippen LogP contribution in [0.25, 0.3) is 11.0 Å². The highest BCUT2D eigenvalue weighted by molar-refractivity contribution is 6.07. The molecule has 0 saturated carbocycles. The van der Waals surface area contributed by atoms with Crippen LogP contribution < -0.4 is 10.2 Å². The Hall–Kier alpha value is -4.45. The van der Waals surface area contributed by atoms with Crippen LogP contribution in [0.4, 0.5) is 4.39 Å². The Kier molecular flexibility index (Phi) is 5.79. The molecule has 0 atom stereocenters. The second-order valence-corrected chi connectivity index (χ2v) is 7.76. The average molecular weight is 454 g/mol. The van der Waals surface area contributed by atoms with Crippen molar-refractivity contribution in [3.8, 4) is 5.75 Å². The van der Waals surface area contributed by atoms with E-state index in [0.29, 0.717) is 17.6 Å². The number of halogens is 1. The molecule has 0 bridgehead atoms. The first-order chi connectivity index (χ1) is 16.6. The molecule has 168 valence electrons. The fraction of sp³-hybridized carbons (Fsp3) is 0.0714. The van der Waals surface area contributed by atoms with E-state index in [1.54, 1.807) is 42.5 Å². The van der Waals surface area contributed by atoms with E-state index in [1.807, 2.05) is 30.3 Å². The van der Waals surface area contributed by atoms with Crippen molar-refractivity contribution in [1.82, 2.24) is 0 Å². The average Bonchev–Trinajstić information content (AvgIpc) is 3.33. The molecule has 0 aliphatic rings. The summed E-state index contributed by atoms with van der Waals surface area (Å²) in [6.07, 6.45) is 0.382. The Morgan fingerprint density at radius 3 is 2.32 bits per heavy atom. The minimum atomic E-state index is -0.601. The van der Waals surface area contributed by atoms with Gasteiger partial charge in [0.05, 0.1) is 5.39 Å². The summed E-state index contributed by atoms with van der Waals surface area (Å²) in [6.45, 7) is 0.0954. The van der Waals surface area contributed by atoms with Crippen LogP contribution in [0, 0.1) is 5.82 Å². The second-order valence-electron chi connectivity index (χ2n) is 7.76. The van der Waals surface area contributed by atoms with E-state index < -0.39 is 11.2 Å². The highest BCUT2D eigenvalue weighted by atomic mass is 19.1. The Balaban J connectivity index is 1.49. The summed E-state index contributed by atoms with van der Waals surface area (Å²) in [5.74, 6) is -0.777. The van der Waals surface area contributed by atoms with Gasteiger partial charge < -0.3 is 13.6 Å². The monoisotopic (exact) mass is 454 g/mol. The molecule has 0 aliphatic carbocycles. The normalized spacial score (nSPS) is 11.0. The molecule has 0 unspecified atom stereocenters. The molecular formula is C28H19FO5. The fourth-order valence-corrected chi connectivity index (χ4v) is 3.65. The van der Waals surface area contributed by atoms with Gasteiger partial charge in [-0.2, -0.15) is 0 Å². The van der Waals surface area contributed by atoms with Crippen LogP contribution in [0.2, 0.25) is 0 Å². The lowest BCUT2D eigenvalue weighted by Gasteiger charge is -2.10. The molecule has 5 aromatic rings. The van der Waals surface area contributed by atoms with Crippen molar-refractivity contribution in [3.05, 3.63) is 135 Å². The summed E-state index contributed by atoms with van der Waals surface area (Å²) in [5, 5.41) is 0.318. The lowest BCUT2D eigenvalue weighted by atomic mass is 10.1. The summed E-state index contributed by atoms with van der Waals surface area (Å²) in [7, 11) is 0. The van der Waals surface area contributed by atoms with Crippen LogP contribution in [0.5, 0.6) is 5.75 Å². The highest BCUT2D eigenvalue weighted by Crippen LogP contribution is 2.26. The minimum absolute atomic E-state index is 0.0140. The number of ketones is 1. The van der Waals surface area contributed by atoms with E-state index in [2.05, 4.69) is 0 Å². The van der Waals surface area contributed by atoms with Crippen molar-refractivity contribution in [1.29, 1.82) is 0 Å². The second kappa shape index (κ2) is 9.19. The zero-order chi connectivity index (χ0) is 23.5. The molecule has 0 saturated heterocycles. The van der Waals surface area contributed by atoms with Crippen LogP contribution in [0.3, 0.4) is 0 Å². The van der Waals surface area contributed by atoms with E-state index in [4.69, 9.17) is 13.6 Å².